The first-order valence-corrected chi connectivity index (χ1v) is 10.8. The molecule has 0 spiro atoms. The quantitative estimate of drug-likeness (QED) is 0.512. The van der Waals surface area contributed by atoms with Gasteiger partial charge in [0.05, 0.1) is 11.5 Å². The van der Waals surface area contributed by atoms with Crippen molar-refractivity contribution in [3.63, 3.8) is 0 Å². The van der Waals surface area contributed by atoms with Crippen LogP contribution in [0.15, 0.2) is 57.5 Å². The molecule has 3 aromatic rings. The number of likely N-dealkylation sites (tertiary alicyclic amines) is 1. The molecule has 0 radical (unpaired) electrons. The molecule has 150 valence electrons. The van der Waals surface area contributed by atoms with Crippen LogP contribution >= 0.6 is 15.9 Å². The molecule has 0 saturated carbocycles. The molecule has 0 bridgehead atoms. The average Bonchev–Trinajstić information content (AvgIpc) is 3.24. The van der Waals surface area contributed by atoms with E-state index in [1.807, 2.05) is 41.3 Å². The summed E-state index contributed by atoms with van der Waals surface area (Å²) in [5.74, 6) is 1.79. The number of halogens is 1. The maximum absolute atomic E-state index is 12.9. The summed E-state index contributed by atoms with van der Waals surface area (Å²) in [6.45, 7) is 5.68. The highest BCUT2D eigenvalue weighted by Crippen LogP contribution is 2.29. The lowest BCUT2D eigenvalue weighted by Gasteiger charge is -2.31. The zero-order valence-electron chi connectivity index (χ0n) is 16.6. The van der Waals surface area contributed by atoms with Crippen molar-refractivity contribution in [3.8, 4) is 11.4 Å². The Kier molecular flexibility index (Phi) is 5.81. The van der Waals surface area contributed by atoms with Gasteiger partial charge in [-0.15, -0.1) is 0 Å². The summed E-state index contributed by atoms with van der Waals surface area (Å²) >= 11 is 3.48. The molecule has 2 aromatic carbocycles. The van der Waals surface area contributed by atoms with Crippen molar-refractivity contribution in [2.45, 2.75) is 38.5 Å². The third kappa shape index (κ3) is 4.27. The summed E-state index contributed by atoms with van der Waals surface area (Å²) in [4.78, 5) is 19.5. The molecule has 0 N–H and O–H groups in total. The second kappa shape index (κ2) is 8.49. The highest BCUT2D eigenvalue weighted by atomic mass is 79.9. The van der Waals surface area contributed by atoms with Crippen LogP contribution in [0.25, 0.3) is 11.4 Å². The van der Waals surface area contributed by atoms with Gasteiger partial charge in [-0.25, -0.2) is 0 Å². The molecule has 2 heterocycles. The van der Waals surface area contributed by atoms with Crippen molar-refractivity contribution in [1.29, 1.82) is 0 Å². The van der Waals surface area contributed by atoms with E-state index in [1.165, 1.54) is 5.56 Å². The van der Waals surface area contributed by atoms with E-state index in [-0.39, 0.29) is 11.8 Å². The molecular weight excluding hydrogens is 430 g/mol. The fourth-order valence-corrected chi connectivity index (χ4v) is 4.16. The van der Waals surface area contributed by atoms with Crippen molar-refractivity contribution in [1.82, 2.24) is 15.0 Å². The molecule has 1 saturated heterocycles. The Morgan fingerprint density at radius 1 is 1.17 bits per heavy atom. The van der Waals surface area contributed by atoms with Gasteiger partial charge in [0.25, 0.3) is 5.91 Å². The summed E-state index contributed by atoms with van der Waals surface area (Å²) in [5.41, 5.74) is 2.91. The fourth-order valence-electron chi connectivity index (χ4n) is 3.70. The Hall–Kier alpha value is -2.47. The van der Waals surface area contributed by atoms with Gasteiger partial charge in [-0.3, -0.25) is 4.79 Å². The van der Waals surface area contributed by atoms with Gasteiger partial charge in [0.1, 0.15) is 0 Å². The lowest BCUT2D eigenvalue weighted by Crippen LogP contribution is -2.39. The van der Waals surface area contributed by atoms with E-state index in [4.69, 9.17) is 4.52 Å². The number of piperidine rings is 1. The number of benzene rings is 2. The molecule has 1 atom stereocenters. The number of carbonyl (C=O) groups excluding carboxylic acids is 1. The number of carbonyl (C=O) groups is 1. The molecule has 0 aliphatic carbocycles. The van der Waals surface area contributed by atoms with Crippen LogP contribution in [0, 0.1) is 0 Å². The molecule has 1 fully saturated rings. The predicted molar refractivity (Wildman–Crippen MR) is 116 cm³/mol. The zero-order valence-corrected chi connectivity index (χ0v) is 18.2. The van der Waals surface area contributed by atoms with Crippen LogP contribution in [-0.2, 0) is 0 Å². The molecule has 29 heavy (non-hydrogen) atoms. The smallest absolute Gasteiger partial charge is 0.255 e. The predicted octanol–water partition coefficient (Wildman–Crippen LogP) is 5.64. The average molecular weight is 454 g/mol. The molecule has 1 aliphatic heterocycles. The first kappa shape index (κ1) is 19.8. The van der Waals surface area contributed by atoms with Crippen LogP contribution in [0.5, 0.6) is 0 Å². The highest BCUT2D eigenvalue weighted by molar-refractivity contribution is 9.10. The highest BCUT2D eigenvalue weighted by Gasteiger charge is 2.29. The number of hydrogen-bond donors (Lipinski definition) is 0. The van der Waals surface area contributed by atoms with Gasteiger partial charge < -0.3 is 9.42 Å². The van der Waals surface area contributed by atoms with Crippen molar-refractivity contribution >= 4 is 21.8 Å². The van der Waals surface area contributed by atoms with Crippen molar-refractivity contribution in [2.75, 3.05) is 13.1 Å². The van der Waals surface area contributed by atoms with Crippen LogP contribution in [0.3, 0.4) is 0 Å². The molecule has 6 heteroatoms. The van der Waals surface area contributed by atoms with E-state index in [2.05, 4.69) is 52.1 Å². The minimum Gasteiger partial charge on any atom is -0.339 e. The third-order valence-electron chi connectivity index (χ3n) is 5.44. The number of rotatable bonds is 4. The van der Waals surface area contributed by atoms with Gasteiger partial charge in [0.2, 0.25) is 11.7 Å². The van der Waals surface area contributed by atoms with E-state index < -0.39 is 0 Å². The lowest BCUT2D eigenvalue weighted by molar-refractivity contribution is 0.0694. The van der Waals surface area contributed by atoms with Gasteiger partial charge in [-0.2, -0.15) is 4.98 Å². The number of aromatic nitrogens is 2. The monoisotopic (exact) mass is 453 g/mol. The topological polar surface area (TPSA) is 59.2 Å². The number of nitrogens with zero attached hydrogens (tertiary/aromatic N) is 3. The van der Waals surface area contributed by atoms with E-state index in [1.54, 1.807) is 0 Å². The molecule has 1 amide bonds. The normalized spacial score (nSPS) is 17.0. The van der Waals surface area contributed by atoms with Gasteiger partial charge in [0, 0.05) is 23.1 Å². The minimum absolute atomic E-state index is 0.0335. The Labute approximate surface area is 179 Å². The Morgan fingerprint density at radius 2 is 1.93 bits per heavy atom. The Balaban J connectivity index is 1.49. The summed E-state index contributed by atoms with van der Waals surface area (Å²) in [6.07, 6.45) is 1.86. The fraction of sp³-hybridized carbons (Fsp3) is 0.348. The van der Waals surface area contributed by atoms with Crippen LogP contribution in [0.4, 0.5) is 0 Å². The van der Waals surface area contributed by atoms with E-state index in [9.17, 15) is 4.79 Å². The van der Waals surface area contributed by atoms with Gasteiger partial charge in [-0.05, 0) is 52.4 Å². The number of hydrogen-bond acceptors (Lipinski definition) is 4. The first-order valence-electron chi connectivity index (χ1n) is 10.0. The Bertz CT molecular complexity index is 997. The lowest BCUT2D eigenvalue weighted by atomic mass is 9.97. The summed E-state index contributed by atoms with van der Waals surface area (Å²) in [5, 5.41) is 4.18. The Morgan fingerprint density at radius 3 is 2.66 bits per heavy atom. The first-order chi connectivity index (χ1) is 14.0. The molecule has 4 rings (SSSR count). The molecular formula is C23H24BrN3O2. The molecule has 1 aromatic heterocycles. The summed E-state index contributed by atoms with van der Waals surface area (Å²) < 4.78 is 6.40. The van der Waals surface area contributed by atoms with E-state index in [0.717, 1.165) is 29.4 Å². The largest absolute Gasteiger partial charge is 0.339 e. The maximum Gasteiger partial charge on any atom is 0.255 e. The molecule has 5 nitrogen and oxygen atoms in total. The third-order valence-corrected chi connectivity index (χ3v) is 6.13. The van der Waals surface area contributed by atoms with Gasteiger partial charge in [0.15, 0.2) is 0 Å². The SMILES string of the molecule is CC(C)c1ccc(-c2noc(C3CCCN(C(=O)c4ccccc4Br)C3)n2)cc1. The van der Waals surface area contributed by atoms with Crippen LogP contribution in [0.2, 0.25) is 0 Å². The van der Waals surface area contributed by atoms with E-state index in [0.29, 0.717) is 29.7 Å². The maximum atomic E-state index is 12.9. The molecule has 1 unspecified atom stereocenters. The number of amides is 1. The van der Waals surface area contributed by atoms with Crippen molar-refractivity contribution in [3.05, 3.63) is 70.0 Å². The van der Waals surface area contributed by atoms with Gasteiger partial charge >= 0.3 is 0 Å². The minimum atomic E-state index is 0.0335. The summed E-state index contributed by atoms with van der Waals surface area (Å²) in [7, 11) is 0. The van der Waals surface area contributed by atoms with E-state index >= 15 is 0 Å². The van der Waals surface area contributed by atoms with Crippen LogP contribution in [-0.4, -0.2) is 34.0 Å². The van der Waals surface area contributed by atoms with Gasteiger partial charge in [-0.1, -0.05) is 55.4 Å². The van der Waals surface area contributed by atoms with Crippen molar-refractivity contribution < 1.29 is 9.32 Å². The second-order valence-corrected chi connectivity index (χ2v) is 8.66. The zero-order chi connectivity index (χ0) is 20.4. The van der Waals surface area contributed by atoms with Crippen LogP contribution in [0.1, 0.15) is 60.3 Å². The van der Waals surface area contributed by atoms with Crippen LogP contribution < -0.4 is 0 Å². The second-order valence-electron chi connectivity index (χ2n) is 7.80. The summed E-state index contributed by atoms with van der Waals surface area (Å²) in [6, 6.07) is 15.8. The standard InChI is InChI=1S/C23H24BrN3O2/c1-15(2)16-9-11-17(12-10-16)21-25-22(29-26-21)18-6-5-13-27(14-18)23(28)19-7-3-4-8-20(19)24/h3-4,7-12,15,18H,5-6,13-14H2,1-2H3. The van der Waals surface area contributed by atoms with Crippen molar-refractivity contribution in [2.24, 2.45) is 0 Å². The molecule has 1 aliphatic rings.